The minimum Gasteiger partial charge on any atom is -0.483 e. The Balaban J connectivity index is 3.04. The van der Waals surface area contributed by atoms with E-state index >= 15 is 0 Å². The van der Waals surface area contributed by atoms with Crippen molar-refractivity contribution in [2.45, 2.75) is 36.9 Å². The summed E-state index contributed by atoms with van der Waals surface area (Å²) in [5.41, 5.74) is 0.397. The third-order valence-electron chi connectivity index (χ3n) is 2.29. The van der Waals surface area contributed by atoms with Crippen LogP contribution < -0.4 is 0 Å². The number of ether oxygens (including phenoxy) is 1. The van der Waals surface area contributed by atoms with Gasteiger partial charge in [0, 0.05) is 5.75 Å². The van der Waals surface area contributed by atoms with E-state index in [1.807, 2.05) is 13.2 Å². The molecule has 0 fully saturated rings. The first kappa shape index (κ1) is 16.8. The fraction of sp³-hybridized carbons (Fsp3) is 0.538. The summed E-state index contributed by atoms with van der Waals surface area (Å²) in [5.74, 6) is 1.34. The van der Waals surface area contributed by atoms with E-state index in [0.29, 0.717) is 28.2 Å². The minimum atomic E-state index is 0.374. The largest absolute Gasteiger partial charge is 0.483 e. The SMILES string of the molecule is CCCCSc1nc(N=COCC)c(C#N)c(SC)n1. The van der Waals surface area contributed by atoms with Gasteiger partial charge in [0.1, 0.15) is 16.7 Å². The molecule has 0 aromatic carbocycles. The number of hydrogen-bond acceptors (Lipinski definition) is 7. The molecular weight excluding hydrogens is 292 g/mol. The van der Waals surface area contributed by atoms with Crippen LogP contribution in [-0.2, 0) is 4.74 Å². The predicted molar refractivity (Wildman–Crippen MR) is 83.9 cm³/mol. The number of unbranched alkanes of at least 4 members (excludes halogenated alkanes) is 1. The standard InChI is InChI=1S/C13H18N4OS2/c1-4-6-7-20-13-16-11(15-9-18-5-2)10(8-14)12(17-13)19-3/h9H,4-7H2,1-3H3. The summed E-state index contributed by atoms with van der Waals surface area (Å²) in [6, 6.07) is 2.11. The van der Waals surface area contributed by atoms with Gasteiger partial charge in [-0.25, -0.2) is 9.97 Å². The molecule has 0 atom stereocenters. The summed E-state index contributed by atoms with van der Waals surface area (Å²) >= 11 is 3.01. The Morgan fingerprint density at radius 1 is 1.40 bits per heavy atom. The van der Waals surface area contributed by atoms with E-state index < -0.39 is 0 Å². The molecule has 1 rings (SSSR count). The van der Waals surface area contributed by atoms with E-state index in [9.17, 15) is 5.26 Å². The maximum atomic E-state index is 9.23. The highest BCUT2D eigenvalue weighted by atomic mass is 32.2. The van der Waals surface area contributed by atoms with Gasteiger partial charge in [-0.2, -0.15) is 10.3 Å². The summed E-state index contributed by atoms with van der Waals surface area (Å²) in [6.45, 7) is 4.55. The topological polar surface area (TPSA) is 71.2 Å². The fourth-order valence-electron chi connectivity index (χ4n) is 1.28. The molecule has 0 saturated carbocycles. The Hall–Kier alpha value is -1.26. The Labute approximate surface area is 128 Å². The van der Waals surface area contributed by atoms with Gasteiger partial charge in [-0.3, -0.25) is 0 Å². The molecule has 0 N–H and O–H groups in total. The number of nitriles is 1. The molecule has 7 heteroatoms. The summed E-state index contributed by atoms with van der Waals surface area (Å²) in [4.78, 5) is 12.9. The molecule has 108 valence electrons. The Morgan fingerprint density at radius 3 is 2.80 bits per heavy atom. The normalized spacial score (nSPS) is 10.7. The van der Waals surface area contributed by atoms with Crippen LogP contribution in [0.3, 0.4) is 0 Å². The molecule has 5 nitrogen and oxygen atoms in total. The van der Waals surface area contributed by atoms with Gasteiger partial charge in [0.15, 0.2) is 17.4 Å². The highest BCUT2D eigenvalue weighted by Gasteiger charge is 2.13. The average Bonchev–Trinajstić information content (AvgIpc) is 2.47. The number of thioether (sulfide) groups is 2. The van der Waals surface area contributed by atoms with E-state index in [-0.39, 0.29) is 0 Å². The van der Waals surface area contributed by atoms with Gasteiger partial charge in [-0.1, -0.05) is 25.1 Å². The van der Waals surface area contributed by atoms with E-state index in [2.05, 4.69) is 28.0 Å². The maximum Gasteiger partial charge on any atom is 0.190 e. The second kappa shape index (κ2) is 9.61. The van der Waals surface area contributed by atoms with Gasteiger partial charge in [-0.15, -0.1) is 11.8 Å². The quantitative estimate of drug-likeness (QED) is 0.182. The monoisotopic (exact) mass is 310 g/mol. The zero-order valence-corrected chi connectivity index (χ0v) is 13.6. The van der Waals surface area contributed by atoms with Gasteiger partial charge in [0.25, 0.3) is 0 Å². The molecule has 0 radical (unpaired) electrons. The van der Waals surface area contributed by atoms with E-state index in [0.717, 1.165) is 18.6 Å². The molecule has 0 aliphatic heterocycles. The van der Waals surface area contributed by atoms with Crippen LogP contribution in [0.2, 0.25) is 0 Å². The predicted octanol–water partition coefficient (Wildman–Crippen LogP) is 3.66. The summed E-state index contributed by atoms with van der Waals surface area (Å²) in [6.07, 6.45) is 5.46. The number of aromatic nitrogens is 2. The van der Waals surface area contributed by atoms with Gasteiger partial charge in [-0.05, 0) is 19.6 Å². The first-order chi connectivity index (χ1) is 9.76. The molecule has 0 aliphatic rings. The minimum absolute atomic E-state index is 0.374. The van der Waals surface area contributed by atoms with Crippen molar-refractivity contribution < 1.29 is 4.74 Å². The van der Waals surface area contributed by atoms with Crippen molar-refractivity contribution in [3.8, 4) is 6.07 Å². The maximum absolute atomic E-state index is 9.23. The van der Waals surface area contributed by atoms with Crippen LogP contribution in [0.15, 0.2) is 15.2 Å². The first-order valence-electron chi connectivity index (χ1n) is 6.39. The summed E-state index contributed by atoms with van der Waals surface area (Å²) in [5, 5.41) is 10.5. The molecule has 0 aliphatic carbocycles. The van der Waals surface area contributed by atoms with Crippen molar-refractivity contribution in [1.82, 2.24) is 9.97 Å². The number of nitrogens with zero attached hydrogens (tertiary/aromatic N) is 4. The van der Waals surface area contributed by atoms with Crippen LogP contribution in [0.4, 0.5) is 5.82 Å². The molecule has 0 amide bonds. The highest BCUT2D eigenvalue weighted by molar-refractivity contribution is 7.99. The molecular formula is C13H18N4OS2. The Kier molecular flexibility index (Phi) is 8.07. The molecule has 1 heterocycles. The van der Waals surface area contributed by atoms with Crippen LogP contribution in [0.5, 0.6) is 0 Å². The lowest BCUT2D eigenvalue weighted by atomic mass is 10.3. The lowest BCUT2D eigenvalue weighted by Crippen LogP contribution is -1.96. The zero-order chi connectivity index (χ0) is 14.8. The molecule has 0 unspecified atom stereocenters. The second-order valence-corrected chi connectivity index (χ2v) is 5.57. The van der Waals surface area contributed by atoms with E-state index in [4.69, 9.17) is 4.74 Å². The average molecular weight is 310 g/mol. The molecule has 1 aromatic heterocycles. The molecule has 20 heavy (non-hydrogen) atoms. The zero-order valence-electron chi connectivity index (χ0n) is 11.9. The van der Waals surface area contributed by atoms with Crippen molar-refractivity contribution in [2.75, 3.05) is 18.6 Å². The van der Waals surface area contributed by atoms with Gasteiger partial charge in [0.2, 0.25) is 0 Å². The molecule has 1 aromatic rings. The molecule has 0 spiro atoms. The van der Waals surface area contributed by atoms with Crippen molar-refractivity contribution in [1.29, 1.82) is 5.26 Å². The van der Waals surface area contributed by atoms with Crippen LogP contribution in [-0.4, -0.2) is 35.0 Å². The number of rotatable bonds is 8. The summed E-state index contributed by atoms with van der Waals surface area (Å²) in [7, 11) is 0. The van der Waals surface area contributed by atoms with Gasteiger partial charge in [0.05, 0.1) is 6.61 Å². The van der Waals surface area contributed by atoms with Crippen molar-refractivity contribution in [3.63, 3.8) is 0 Å². The molecule has 0 bridgehead atoms. The van der Waals surface area contributed by atoms with Crippen LogP contribution in [0, 0.1) is 11.3 Å². The highest BCUT2D eigenvalue weighted by Crippen LogP contribution is 2.28. The van der Waals surface area contributed by atoms with Crippen molar-refractivity contribution in [2.24, 2.45) is 4.99 Å². The number of aliphatic imine (C=N–C) groups is 1. The first-order valence-corrected chi connectivity index (χ1v) is 8.60. The third kappa shape index (κ3) is 5.02. The van der Waals surface area contributed by atoms with E-state index in [1.54, 1.807) is 11.8 Å². The van der Waals surface area contributed by atoms with Crippen LogP contribution in [0.25, 0.3) is 0 Å². The summed E-state index contributed by atoms with van der Waals surface area (Å²) < 4.78 is 5.07. The third-order valence-corrected chi connectivity index (χ3v) is 3.90. The smallest absolute Gasteiger partial charge is 0.190 e. The fourth-order valence-corrected chi connectivity index (χ4v) is 2.78. The van der Waals surface area contributed by atoms with Gasteiger partial charge < -0.3 is 4.74 Å². The van der Waals surface area contributed by atoms with Gasteiger partial charge >= 0.3 is 0 Å². The van der Waals surface area contributed by atoms with E-state index in [1.165, 1.54) is 18.2 Å². The second-order valence-electron chi connectivity index (χ2n) is 3.72. The van der Waals surface area contributed by atoms with Crippen molar-refractivity contribution in [3.05, 3.63) is 5.56 Å². The molecule has 0 saturated heterocycles. The Morgan fingerprint density at radius 2 is 2.20 bits per heavy atom. The van der Waals surface area contributed by atoms with Crippen LogP contribution in [0.1, 0.15) is 32.3 Å². The van der Waals surface area contributed by atoms with Crippen LogP contribution >= 0.6 is 23.5 Å². The van der Waals surface area contributed by atoms with Crippen molar-refractivity contribution >= 4 is 35.7 Å². The number of hydrogen-bond donors (Lipinski definition) is 0. The Bertz CT molecular complexity index is 500. The lowest BCUT2D eigenvalue weighted by Gasteiger charge is -2.06. The lowest BCUT2D eigenvalue weighted by molar-refractivity contribution is 0.344.